The van der Waals surface area contributed by atoms with Crippen molar-refractivity contribution < 1.29 is 17.6 Å². The summed E-state index contributed by atoms with van der Waals surface area (Å²) in [5.41, 5.74) is 1.38. The van der Waals surface area contributed by atoms with Crippen LogP contribution in [-0.2, 0) is 10.0 Å². The number of hydrogen-bond donors (Lipinski definition) is 0. The summed E-state index contributed by atoms with van der Waals surface area (Å²) in [5, 5.41) is 0.416. The number of benzene rings is 3. The molecule has 0 spiro atoms. The van der Waals surface area contributed by atoms with Crippen molar-refractivity contribution in [3.63, 3.8) is 0 Å². The number of rotatable bonds is 5. The molecule has 1 aliphatic heterocycles. The summed E-state index contributed by atoms with van der Waals surface area (Å²) in [4.78, 5) is 20.0. The first-order valence-electron chi connectivity index (χ1n) is 11.8. The Balaban J connectivity index is 1.55. The number of aromatic nitrogens is 1. The highest BCUT2D eigenvalue weighted by Crippen LogP contribution is 2.35. The number of carbonyl (C=O) groups excluding carboxylic acids is 1. The molecule has 6 nitrogen and oxygen atoms in total. The summed E-state index contributed by atoms with van der Waals surface area (Å²) in [6.45, 7) is 5.02. The summed E-state index contributed by atoms with van der Waals surface area (Å²) < 4.78 is 43.0. The van der Waals surface area contributed by atoms with Gasteiger partial charge >= 0.3 is 0 Å². The van der Waals surface area contributed by atoms with Crippen molar-refractivity contribution in [2.24, 2.45) is 11.8 Å². The van der Waals surface area contributed by atoms with Crippen molar-refractivity contribution >= 4 is 48.3 Å². The third-order valence-corrected chi connectivity index (χ3v) is 9.17. The van der Waals surface area contributed by atoms with Crippen LogP contribution in [0.2, 0.25) is 0 Å². The highest BCUT2D eigenvalue weighted by atomic mass is 32.2. The van der Waals surface area contributed by atoms with Gasteiger partial charge in [0.15, 0.2) is 5.13 Å². The topological polar surface area (TPSA) is 70.6 Å². The zero-order valence-corrected chi connectivity index (χ0v) is 21.6. The number of hydrogen-bond acceptors (Lipinski definition) is 5. The van der Waals surface area contributed by atoms with Gasteiger partial charge in [-0.2, -0.15) is 4.31 Å². The van der Waals surface area contributed by atoms with E-state index in [1.807, 2.05) is 24.3 Å². The summed E-state index contributed by atoms with van der Waals surface area (Å²) in [6.07, 6.45) is 0.985. The van der Waals surface area contributed by atoms with E-state index in [-0.39, 0.29) is 22.3 Å². The van der Waals surface area contributed by atoms with Crippen LogP contribution in [0.1, 0.15) is 30.6 Å². The molecule has 1 amide bonds. The van der Waals surface area contributed by atoms with Gasteiger partial charge in [0, 0.05) is 18.7 Å². The molecule has 0 bridgehead atoms. The van der Waals surface area contributed by atoms with Gasteiger partial charge in [0.2, 0.25) is 10.0 Å². The second-order valence-electron chi connectivity index (χ2n) is 9.38. The molecule has 2 unspecified atom stereocenters. The minimum Gasteiger partial charge on any atom is -0.268 e. The summed E-state index contributed by atoms with van der Waals surface area (Å²) in [7, 11) is -3.76. The maximum atomic E-state index is 13.9. The Bertz CT molecular complexity index is 1480. The van der Waals surface area contributed by atoms with E-state index >= 15 is 0 Å². The fourth-order valence-electron chi connectivity index (χ4n) is 4.73. The van der Waals surface area contributed by atoms with Crippen LogP contribution in [0, 0.1) is 17.7 Å². The maximum Gasteiger partial charge on any atom is 0.264 e. The number of carbonyl (C=O) groups is 1. The van der Waals surface area contributed by atoms with Crippen molar-refractivity contribution in [3.05, 3.63) is 84.2 Å². The van der Waals surface area contributed by atoms with Gasteiger partial charge in [0.25, 0.3) is 5.91 Å². The number of piperidine rings is 1. The SMILES string of the molecule is CC1CC(C)CN(S(=O)(=O)c2cccc(C(=O)N(c3ccc(F)cc3)c3nc4ccccc4s3)c2)C1. The molecule has 0 saturated carbocycles. The molecule has 2 heterocycles. The highest BCUT2D eigenvalue weighted by Gasteiger charge is 2.32. The molecule has 4 aromatic rings. The van der Waals surface area contributed by atoms with Crippen LogP contribution in [0.15, 0.2) is 77.7 Å². The van der Waals surface area contributed by atoms with Gasteiger partial charge in [-0.3, -0.25) is 9.69 Å². The number of anilines is 2. The summed E-state index contributed by atoms with van der Waals surface area (Å²) >= 11 is 1.33. The van der Waals surface area contributed by atoms with Gasteiger partial charge in [0.1, 0.15) is 5.82 Å². The Hall–Kier alpha value is -3.14. The Labute approximate surface area is 214 Å². The number of nitrogens with zero attached hydrogens (tertiary/aromatic N) is 3. The highest BCUT2D eigenvalue weighted by molar-refractivity contribution is 7.89. The molecule has 0 aliphatic carbocycles. The number of fused-ring (bicyclic) bond motifs is 1. The molecule has 1 fully saturated rings. The minimum absolute atomic E-state index is 0.0815. The fraction of sp³-hybridized carbons (Fsp3) is 0.259. The maximum absolute atomic E-state index is 13.9. The third-order valence-electron chi connectivity index (χ3n) is 6.32. The Kier molecular flexibility index (Phi) is 6.63. The van der Waals surface area contributed by atoms with E-state index in [1.54, 1.807) is 12.1 Å². The first-order chi connectivity index (χ1) is 17.2. The van der Waals surface area contributed by atoms with Crippen LogP contribution in [-0.4, -0.2) is 36.7 Å². The molecular weight excluding hydrogens is 497 g/mol. The molecule has 2 atom stereocenters. The summed E-state index contributed by atoms with van der Waals surface area (Å²) in [6, 6.07) is 19.2. The van der Waals surface area contributed by atoms with Gasteiger partial charge < -0.3 is 0 Å². The third kappa shape index (κ3) is 4.78. The minimum atomic E-state index is -3.76. The van der Waals surface area contributed by atoms with E-state index in [4.69, 9.17) is 0 Å². The van der Waals surface area contributed by atoms with Gasteiger partial charge in [-0.05, 0) is 72.9 Å². The molecule has 9 heteroatoms. The Morgan fingerprint density at radius 3 is 2.39 bits per heavy atom. The van der Waals surface area contributed by atoms with Crippen molar-refractivity contribution in [3.8, 4) is 0 Å². The van der Waals surface area contributed by atoms with Crippen LogP contribution in [0.3, 0.4) is 0 Å². The molecule has 186 valence electrons. The molecule has 5 rings (SSSR count). The molecule has 0 N–H and O–H groups in total. The smallest absolute Gasteiger partial charge is 0.264 e. The lowest BCUT2D eigenvalue weighted by Crippen LogP contribution is -2.42. The first kappa shape index (κ1) is 24.5. The van der Waals surface area contributed by atoms with E-state index in [2.05, 4.69) is 18.8 Å². The first-order valence-corrected chi connectivity index (χ1v) is 14.0. The molecule has 36 heavy (non-hydrogen) atoms. The van der Waals surface area contributed by atoms with E-state index in [0.717, 1.165) is 16.6 Å². The van der Waals surface area contributed by atoms with Gasteiger partial charge in [-0.1, -0.05) is 43.4 Å². The average Bonchev–Trinajstić information content (AvgIpc) is 3.28. The van der Waals surface area contributed by atoms with Crippen LogP contribution in [0.5, 0.6) is 0 Å². The molecule has 3 aromatic carbocycles. The summed E-state index contributed by atoms with van der Waals surface area (Å²) in [5.74, 6) is -0.339. The lowest BCUT2D eigenvalue weighted by Gasteiger charge is -2.34. The number of amides is 1. The average molecular weight is 524 g/mol. The second kappa shape index (κ2) is 9.72. The monoisotopic (exact) mass is 523 g/mol. The van der Waals surface area contributed by atoms with Crippen molar-refractivity contribution in [1.82, 2.24) is 9.29 Å². The Morgan fingerprint density at radius 1 is 1.00 bits per heavy atom. The Morgan fingerprint density at radius 2 is 1.69 bits per heavy atom. The van der Waals surface area contributed by atoms with Crippen molar-refractivity contribution in [2.45, 2.75) is 25.2 Å². The second-order valence-corrected chi connectivity index (χ2v) is 12.3. The van der Waals surface area contributed by atoms with Crippen LogP contribution in [0.4, 0.5) is 15.2 Å². The normalized spacial score (nSPS) is 18.9. The molecule has 1 aliphatic rings. The predicted octanol–water partition coefficient (Wildman–Crippen LogP) is 6.08. The van der Waals surface area contributed by atoms with E-state index < -0.39 is 21.7 Å². The zero-order chi connectivity index (χ0) is 25.4. The number of halogens is 1. The fourth-order valence-corrected chi connectivity index (χ4v) is 7.44. The van der Waals surface area contributed by atoms with Gasteiger partial charge in [0.05, 0.1) is 20.8 Å². The molecule has 0 radical (unpaired) electrons. The van der Waals surface area contributed by atoms with Crippen molar-refractivity contribution in [2.75, 3.05) is 18.0 Å². The van der Waals surface area contributed by atoms with Gasteiger partial charge in [-0.15, -0.1) is 0 Å². The largest absolute Gasteiger partial charge is 0.268 e. The standard InChI is InChI=1S/C27H26FN3O3S2/c1-18-14-19(2)17-30(16-18)36(33,34)23-7-5-6-20(15-23)26(32)31(22-12-10-21(28)11-13-22)27-29-24-8-3-4-9-25(24)35-27/h3-13,15,18-19H,14,16-17H2,1-2H3. The predicted molar refractivity (Wildman–Crippen MR) is 141 cm³/mol. The number of para-hydroxylation sites is 1. The van der Waals surface area contributed by atoms with Crippen LogP contribution < -0.4 is 4.90 Å². The lowest BCUT2D eigenvalue weighted by atomic mass is 9.94. The lowest BCUT2D eigenvalue weighted by molar-refractivity contribution is 0.0999. The quantitative estimate of drug-likeness (QED) is 0.318. The van der Waals surface area contributed by atoms with Gasteiger partial charge in [-0.25, -0.2) is 17.8 Å². The number of sulfonamides is 1. The molecule has 1 saturated heterocycles. The molecule has 1 aromatic heterocycles. The molecular formula is C27H26FN3O3S2. The zero-order valence-electron chi connectivity index (χ0n) is 20.0. The number of thiazole rings is 1. The van der Waals surface area contributed by atoms with E-state index in [9.17, 15) is 17.6 Å². The van der Waals surface area contributed by atoms with Crippen LogP contribution >= 0.6 is 11.3 Å². The van der Waals surface area contributed by atoms with E-state index in [1.165, 1.54) is 56.9 Å². The van der Waals surface area contributed by atoms with Crippen molar-refractivity contribution in [1.29, 1.82) is 0 Å². The van der Waals surface area contributed by atoms with E-state index in [0.29, 0.717) is 23.9 Å². The van der Waals surface area contributed by atoms with Crippen LogP contribution in [0.25, 0.3) is 10.2 Å².